The van der Waals surface area contributed by atoms with Crippen molar-refractivity contribution in [3.8, 4) is 67.5 Å². The molecule has 0 aliphatic rings. The number of benzene rings is 12. The molecule has 0 aliphatic heterocycles. The highest BCUT2D eigenvalue weighted by Gasteiger charge is 2.17. The minimum absolute atomic E-state index is 0.0572. The Hall–Kier alpha value is -12.1. The fraction of sp³-hybridized carbons (Fsp3) is 0.277. The van der Waals surface area contributed by atoms with Gasteiger partial charge in [0.1, 0.15) is 23.0 Å². The molecule has 0 spiro atoms. The first-order valence-electron chi connectivity index (χ1n) is 40.8. The third kappa shape index (κ3) is 30.5. The highest BCUT2D eigenvalue weighted by molar-refractivity contribution is 5.75. The zero-order chi connectivity index (χ0) is 80.0. The predicted molar refractivity (Wildman–Crippen MR) is 472 cm³/mol. The topological polar surface area (TPSA) is 153 Å². The minimum Gasteiger partial charge on any atom is -0.494 e. The standard InChI is InChI=1S/C27H32N2O.C26H30N2O.C24H24N2O2.C24H26N2O/c1-4-6-9-22(5-2)20-30-27-17-15-26(16-18-27)29-28-25-13-11-23(12-14-25)24-10-7-8-21(3)19-24;1-3-5-9-21(4-2)20-29-26-18-16-25(17-19-26)28-27-24-14-12-23(13-15-24)22-10-7-6-8-11-22;1-3-18(4-2)24(27)28-23-16-14-22(15-17-23)26-25-21-12-10-20(11-13-21)19-8-6-5-7-9-19;1-2-3-4-8-19-27-24-17-15-23(16-18-24)26-25-22-13-11-21(12-14-22)20-9-6-5-7-10-20/h7-8,10-19,22H,4-6,9,20H2,1-3H3;6-8,10-19,21H,3-5,9,20H2,1-2H3;5-18H,3-4H2,1-2H3;5-7,9-18H,2-4,8,19H2,1H3. The number of carbonyl (C=O) groups excluding carboxylic acids is 1. The second kappa shape index (κ2) is 49.3. The van der Waals surface area contributed by atoms with E-state index in [0.29, 0.717) is 23.3 Å². The van der Waals surface area contributed by atoms with Crippen molar-refractivity contribution in [2.75, 3.05) is 19.8 Å². The zero-order valence-corrected chi connectivity index (χ0v) is 67.8. The van der Waals surface area contributed by atoms with Gasteiger partial charge in [-0.05, 0) is 241 Å². The minimum atomic E-state index is -0.183. The first-order valence-corrected chi connectivity index (χ1v) is 40.8. The maximum absolute atomic E-state index is 12.0. The van der Waals surface area contributed by atoms with Gasteiger partial charge in [-0.15, -0.1) is 0 Å². The zero-order valence-electron chi connectivity index (χ0n) is 67.8. The van der Waals surface area contributed by atoms with Crippen LogP contribution in [0.5, 0.6) is 23.0 Å². The van der Waals surface area contributed by atoms with Crippen molar-refractivity contribution < 1.29 is 23.7 Å². The molecule has 114 heavy (non-hydrogen) atoms. The Labute approximate surface area is 677 Å². The summed E-state index contributed by atoms with van der Waals surface area (Å²) in [6.07, 6.45) is 16.2. The molecule has 0 heterocycles. The van der Waals surface area contributed by atoms with E-state index in [1.54, 1.807) is 24.3 Å². The number of ether oxygens (including phenoxy) is 4. The van der Waals surface area contributed by atoms with Crippen LogP contribution in [0.15, 0.2) is 350 Å². The number of unbranched alkanes of at least 4 members (excludes halogenated alkanes) is 5. The molecule has 0 aliphatic carbocycles. The van der Waals surface area contributed by atoms with Crippen molar-refractivity contribution in [3.05, 3.63) is 315 Å². The molecular weight excluding hydrogens is 1410 g/mol. The summed E-state index contributed by atoms with van der Waals surface area (Å²) in [5.41, 5.74) is 17.2. The van der Waals surface area contributed by atoms with Crippen molar-refractivity contribution in [2.45, 2.75) is 145 Å². The maximum atomic E-state index is 12.0. The van der Waals surface area contributed by atoms with Gasteiger partial charge in [-0.3, -0.25) is 4.79 Å². The first-order chi connectivity index (χ1) is 56.0. The monoisotopic (exact) mass is 1520 g/mol. The van der Waals surface area contributed by atoms with E-state index in [9.17, 15) is 4.79 Å². The number of carbonyl (C=O) groups is 1. The summed E-state index contributed by atoms with van der Waals surface area (Å²) in [6, 6.07) is 102. The molecule has 0 radical (unpaired) electrons. The average molecular weight is 1520 g/mol. The third-order valence-electron chi connectivity index (χ3n) is 19.5. The van der Waals surface area contributed by atoms with Crippen molar-refractivity contribution in [1.82, 2.24) is 0 Å². The Balaban J connectivity index is 0.000000174. The highest BCUT2D eigenvalue weighted by atomic mass is 16.5. The van der Waals surface area contributed by atoms with Crippen LogP contribution in [0.2, 0.25) is 0 Å². The Kier molecular flexibility index (Phi) is 37.2. The largest absolute Gasteiger partial charge is 0.494 e. The molecule has 0 saturated carbocycles. The second-order valence-corrected chi connectivity index (χ2v) is 28.2. The quantitative estimate of drug-likeness (QED) is 0.0166. The molecule has 12 aromatic carbocycles. The molecule has 0 N–H and O–H groups in total. The van der Waals surface area contributed by atoms with E-state index in [-0.39, 0.29) is 11.9 Å². The Morgan fingerprint density at radius 3 is 0.851 bits per heavy atom. The molecule has 13 heteroatoms. The third-order valence-corrected chi connectivity index (χ3v) is 19.5. The maximum Gasteiger partial charge on any atom is 0.314 e. The molecule has 2 atom stereocenters. The summed E-state index contributed by atoms with van der Waals surface area (Å²) in [4.78, 5) is 12.0. The van der Waals surface area contributed by atoms with E-state index in [1.165, 1.54) is 102 Å². The van der Waals surface area contributed by atoms with Crippen LogP contribution in [-0.4, -0.2) is 25.8 Å². The molecular formula is C101H112N8O5. The lowest BCUT2D eigenvalue weighted by atomic mass is 10.0. The van der Waals surface area contributed by atoms with Crippen molar-refractivity contribution in [1.29, 1.82) is 0 Å². The fourth-order valence-corrected chi connectivity index (χ4v) is 12.2. The van der Waals surface area contributed by atoms with E-state index >= 15 is 0 Å². The van der Waals surface area contributed by atoms with Gasteiger partial charge in [0, 0.05) is 0 Å². The summed E-state index contributed by atoms with van der Waals surface area (Å²) in [5, 5.41) is 34.6. The van der Waals surface area contributed by atoms with E-state index in [0.717, 1.165) is 115 Å². The van der Waals surface area contributed by atoms with Gasteiger partial charge < -0.3 is 18.9 Å². The normalized spacial score (nSPS) is 11.7. The van der Waals surface area contributed by atoms with Crippen LogP contribution in [0.25, 0.3) is 44.5 Å². The molecule has 0 saturated heterocycles. The number of esters is 1. The van der Waals surface area contributed by atoms with Crippen LogP contribution in [0.3, 0.4) is 0 Å². The van der Waals surface area contributed by atoms with Crippen LogP contribution in [0, 0.1) is 24.7 Å². The Morgan fingerprint density at radius 2 is 0.553 bits per heavy atom. The summed E-state index contributed by atoms with van der Waals surface area (Å²) in [6.45, 7) is 19.6. The predicted octanol–water partition coefficient (Wildman–Crippen LogP) is 31.9. The van der Waals surface area contributed by atoms with Gasteiger partial charge in [0.25, 0.3) is 0 Å². The highest BCUT2D eigenvalue weighted by Crippen LogP contribution is 2.32. The van der Waals surface area contributed by atoms with E-state index in [2.05, 4.69) is 180 Å². The number of hydrogen-bond donors (Lipinski definition) is 0. The van der Waals surface area contributed by atoms with Crippen LogP contribution in [0.4, 0.5) is 45.5 Å². The number of hydrogen-bond acceptors (Lipinski definition) is 13. The first kappa shape index (κ1) is 85.9. The number of rotatable bonds is 36. The molecule has 0 aromatic heterocycles. The lowest BCUT2D eigenvalue weighted by Crippen LogP contribution is -2.19. The van der Waals surface area contributed by atoms with Crippen LogP contribution in [-0.2, 0) is 4.79 Å². The summed E-state index contributed by atoms with van der Waals surface area (Å²) in [5.74, 6) is 4.23. The molecule has 0 fully saturated rings. The fourth-order valence-electron chi connectivity index (χ4n) is 12.2. The summed E-state index contributed by atoms with van der Waals surface area (Å²) < 4.78 is 23.1. The Bertz CT molecular complexity index is 4770. The lowest BCUT2D eigenvalue weighted by Gasteiger charge is -2.15. The SMILES string of the molecule is CCC(CC)C(=O)Oc1ccc(N=Nc2ccc(-c3ccccc3)cc2)cc1.CCCCC(CC)COc1ccc(N=Nc2ccc(-c3cccc(C)c3)cc2)cc1.CCCCC(CC)COc1ccc(N=Nc2ccc(-c3ccccc3)cc2)cc1.CCCCCCOc1ccc(N=Nc2ccc(-c3ccccc3)cc2)cc1. The molecule has 2 unspecified atom stereocenters. The van der Waals surface area contributed by atoms with E-state index < -0.39 is 0 Å². The van der Waals surface area contributed by atoms with Gasteiger partial charge in [-0.1, -0.05) is 276 Å². The number of azo groups is 4. The lowest BCUT2D eigenvalue weighted by molar-refractivity contribution is -0.139. The molecule has 12 aromatic rings. The number of aryl methyl sites for hydroxylation is 1. The smallest absolute Gasteiger partial charge is 0.314 e. The molecule has 13 nitrogen and oxygen atoms in total. The molecule has 586 valence electrons. The number of nitrogens with zero attached hydrogens (tertiary/aromatic N) is 8. The van der Waals surface area contributed by atoms with Crippen molar-refractivity contribution in [2.24, 2.45) is 58.7 Å². The second-order valence-electron chi connectivity index (χ2n) is 28.2. The van der Waals surface area contributed by atoms with Crippen LogP contribution >= 0.6 is 0 Å². The molecule has 12 rings (SSSR count). The van der Waals surface area contributed by atoms with E-state index in [4.69, 9.17) is 18.9 Å². The van der Waals surface area contributed by atoms with Gasteiger partial charge >= 0.3 is 5.97 Å². The van der Waals surface area contributed by atoms with Gasteiger partial charge in [0.15, 0.2) is 0 Å². The van der Waals surface area contributed by atoms with Crippen molar-refractivity contribution >= 4 is 51.5 Å². The van der Waals surface area contributed by atoms with Gasteiger partial charge in [-0.2, -0.15) is 40.9 Å². The molecule has 0 amide bonds. The summed E-state index contributed by atoms with van der Waals surface area (Å²) >= 11 is 0. The van der Waals surface area contributed by atoms with Crippen LogP contribution < -0.4 is 18.9 Å². The van der Waals surface area contributed by atoms with Gasteiger partial charge in [0.05, 0.1) is 71.2 Å². The average Bonchev–Trinajstić information content (AvgIpc) is 0.800. The van der Waals surface area contributed by atoms with Gasteiger partial charge in [-0.25, -0.2) is 0 Å². The Morgan fingerprint density at radius 1 is 0.272 bits per heavy atom. The van der Waals surface area contributed by atoms with Gasteiger partial charge in [0.2, 0.25) is 0 Å². The van der Waals surface area contributed by atoms with Crippen LogP contribution in [0.1, 0.15) is 144 Å². The van der Waals surface area contributed by atoms with E-state index in [1.807, 2.05) is 202 Å². The summed E-state index contributed by atoms with van der Waals surface area (Å²) in [7, 11) is 0. The van der Waals surface area contributed by atoms with Crippen molar-refractivity contribution in [3.63, 3.8) is 0 Å². The molecule has 0 bridgehead atoms.